The molecule has 1 heterocycles. The number of nitrogens with two attached hydrogens (primary N) is 1. The van der Waals surface area contributed by atoms with Gasteiger partial charge in [-0.05, 0) is 25.0 Å². The zero-order chi connectivity index (χ0) is 11.5. The van der Waals surface area contributed by atoms with Crippen molar-refractivity contribution in [1.82, 2.24) is 0 Å². The predicted octanol–water partition coefficient (Wildman–Crippen LogP) is 2.91. The summed E-state index contributed by atoms with van der Waals surface area (Å²) >= 11 is 2.09. The summed E-state index contributed by atoms with van der Waals surface area (Å²) < 4.78 is 0. The van der Waals surface area contributed by atoms with Crippen LogP contribution in [0.5, 0.6) is 0 Å². The molecule has 1 atom stereocenters. The van der Waals surface area contributed by atoms with Gasteiger partial charge in [0.1, 0.15) is 0 Å². The van der Waals surface area contributed by atoms with Crippen LogP contribution in [0.2, 0.25) is 0 Å². The van der Waals surface area contributed by atoms with Crippen molar-refractivity contribution in [2.75, 3.05) is 29.5 Å². The summed E-state index contributed by atoms with van der Waals surface area (Å²) in [7, 11) is 0. The number of hydrogen-bond acceptors (Lipinski definition) is 3. The Morgan fingerprint density at radius 3 is 3.00 bits per heavy atom. The first-order chi connectivity index (χ1) is 7.72. The maximum atomic E-state index is 6.09. The van der Waals surface area contributed by atoms with Crippen molar-refractivity contribution >= 4 is 23.1 Å². The fourth-order valence-corrected chi connectivity index (χ4v) is 3.46. The van der Waals surface area contributed by atoms with Gasteiger partial charge in [0.15, 0.2) is 0 Å². The van der Waals surface area contributed by atoms with Gasteiger partial charge in [-0.1, -0.05) is 19.1 Å². The first-order valence-corrected chi connectivity index (χ1v) is 6.99. The Labute approximate surface area is 102 Å². The quantitative estimate of drug-likeness (QED) is 0.801. The van der Waals surface area contributed by atoms with Crippen molar-refractivity contribution in [2.24, 2.45) is 0 Å². The highest BCUT2D eigenvalue weighted by Gasteiger charge is 2.21. The molecule has 0 aromatic heterocycles. The Morgan fingerprint density at radius 2 is 2.31 bits per heavy atom. The van der Waals surface area contributed by atoms with E-state index >= 15 is 0 Å². The van der Waals surface area contributed by atoms with E-state index in [2.05, 4.69) is 36.6 Å². The van der Waals surface area contributed by atoms with Crippen LogP contribution >= 0.6 is 11.8 Å². The minimum atomic E-state index is 0.757. The minimum Gasteiger partial charge on any atom is -0.397 e. The van der Waals surface area contributed by atoms with Gasteiger partial charge < -0.3 is 10.6 Å². The fraction of sp³-hybridized carbons (Fsp3) is 0.538. The highest BCUT2D eigenvalue weighted by atomic mass is 32.2. The first-order valence-electron chi connectivity index (χ1n) is 5.94. The number of benzene rings is 1. The van der Waals surface area contributed by atoms with Gasteiger partial charge in [0, 0.05) is 24.1 Å². The molecule has 1 unspecified atom stereocenters. The second kappa shape index (κ2) is 5.00. The molecule has 1 saturated heterocycles. The smallest absolute Gasteiger partial charge is 0.0630 e. The van der Waals surface area contributed by atoms with Crippen LogP contribution in [0, 0.1) is 6.92 Å². The van der Waals surface area contributed by atoms with Gasteiger partial charge in [0.2, 0.25) is 0 Å². The molecule has 1 fully saturated rings. The molecule has 0 aliphatic carbocycles. The van der Waals surface area contributed by atoms with Crippen molar-refractivity contribution in [3.05, 3.63) is 23.8 Å². The lowest BCUT2D eigenvalue weighted by atomic mass is 10.1. The molecule has 16 heavy (non-hydrogen) atoms. The van der Waals surface area contributed by atoms with Gasteiger partial charge in [-0.3, -0.25) is 0 Å². The Morgan fingerprint density at radius 1 is 1.50 bits per heavy atom. The second-order valence-corrected chi connectivity index (χ2v) is 5.77. The maximum absolute atomic E-state index is 6.09. The van der Waals surface area contributed by atoms with Gasteiger partial charge in [-0.25, -0.2) is 0 Å². The third-order valence-electron chi connectivity index (χ3n) is 3.18. The molecule has 1 aromatic rings. The largest absolute Gasteiger partial charge is 0.397 e. The van der Waals surface area contributed by atoms with E-state index in [1.54, 1.807) is 0 Å². The van der Waals surface area contributed by atoms with Crippen molar-refractivity contribution in [2.45, 2.75) is 25.5 Å². The molecule has 0 radical (unpaired) electrons. The van der Waals surface area contributed by atoms with Crippen LogP contribution < -0.4 is 10.6 Å². The van der Waals surface area contributed by atoms with Crippen LogP contribution in [-0.2, 0) is 0 Å². The number of nitrogens with zero attached hydrogens (tertiary/aromatic N) is 1. The third kappa shape index (κ3) is 2.29. The highest BCUT2D eigenvalue weighted by molar-refractivity contribution is 8.00. The molecule has 1 aromatic carbocycles. The van der Waals surface area contributed by atoms with E-state index in [0.29, 0.717) is 0 Å². The Kier molecular flexibility index (Phi) is 3.64. The van der Waals surface area contributed by atoms with E-state index in [-0.39, 0.29) is 0 Å². The van der Waals surface area contributed by atoms with Crippen LogP contribution in [0.1, 0.15) is 18.9 Å². The van der Waals surface area contributed by atoms with Crippen LogP contribution in [0.25, 0.3) is 0 Å². The Bertz CT molecular complexity index is 345. The number of para-hydroxylation sites is 1. The molecule has 2 rings (SSSR count). The first kappa shape index (κ1) is 11.6. The minimum absolute atomic E-state index is 0.757. The number of hydrogen-bond donors (Lipinski definition) is 1. The molecular formula is C13H20N2S. The zero-order valence-electron chi connectivity index (χ0n) is 10.1. The topological polar surface area (TPSA) is 29.3 Å². The predicted molar refractivity (Wildman–Crippen MR) is 74.3 cm³/mol. The van der Waals surface area contributed by atoms with E-state index in [1.165, 1.54) is 23.4 Å². The second-order valence-electron chi connectivity index (χ2n) is 4.36. The fourth-order valence-electron chi connectivity index (χ4n) is 2.28. The average Bonchev–Trinajstić information content (AvgIpc) is 2.29. The van der Waals surface area contributed by atoms with Gasteiger partial charge in [-0.2, -0.15) is 11.8 Å². The van der Waals surface area contributed by atoms with Crippen LogP contribution in [0.4, 0.5) is 11.4 Å². The van der Waals surface area contributed by atoms with Gasteiger partial charge >= 0.3 is 0 Å². The maximum Gasteiger partial charge on any atom is 0.0630 e. The van der Waals surface area contributed by atoms with Crippen molar-refractivity contribution in [3.8, 4) is 0 Å². The van der Waals surface area contributed by atoms with Gasteiger partial charge in [0.25, 0.3) is 0 Å². The van der Waals surface area contributed by atoms with Crippen molar-refractivity contribution < 1.29 is 0 Å². The molecule has 3 heteroatoms. The molecule has 0 bridgehead atoms. The van der Waals surface area contributed by atoms with E-state index in [1.807, 2.05) is 12.1 Å². The molecule has 1 aliphatic rings. The third-order valence-corrected chi connectivity index (χ3v) is 4.55. The average molecular weight is 236 g/mol. The molecule has 0 saturated carbocycles. The molecule has 0 amide bonds. The number of thioether (sulfide) groups is 1. The lowest BCUT2D eigenvalue weighted by Crippen LogP contribution is -2.38. The lowest BCUT2D eigenvalue weighted by molar-refractivity contribution is 0.727. The van der Waals surface area contributed by atoms with Crippen molar-refractivity contribution in [1.29, 1.82) is 0 Å². The highest BCUT2D eigenvalue weighted by Crippen LogP contribution is 2.32. The summed E-state index contributed by atoms with van der Waals surface area (Å²) in [6.07, 6.45) is 1.24. The van der Waals surface area contributed by atoms with Crippen LogP contribution in [0.3, 0.4) is 0 Å². The Balaban J connectivity index is 2.23. The Hall–Kier alpha value is -0.830. The number of nitrogen functional groups attached to an aromatic ring is 1. The number of rotatable bonds is 2. The summed E-state index contributed by atoms with van der Waals surface area (Å²) in [5, 5.41) is 0.757. The standard InChI is InChI=1S/C13H20N2S/c1-3-11-9-15(7-8-16-11)13-10(2)5-4-6-12(13)14/h4-6,11H,3,7-9,14H2,1-2H3. The van der Waals surface area contributed by atoms with Gasteiger partial charge in [-0.15, -0.1) is 0 Å². The molecule has 1 aliphatic heterocycles. The summed E-state index contributed by atoms with van der Waals surface area (Å²) in [5.74, 6) is 1.21. The normalized spacial score (nSPS) is 21.1. The molecule has 0 spiro atoms. The van der Waals surface area contributed by atoms with E-state index < -0.39 is 0 Å². The van der Waals surface area contributed by atoms with Gasteiger partial charge in [0.05, 0.1) is 11.4 Å². The number of anilines is 2. The molecule has 88 valence electrons. The van der Waals surface area contributed by atoms with E-state index in [4.69, 9.17) is 5.73 Å². The SMILES string of the molecule is CCC1CN(c2c(C)cccc2N)CCS1. The lowest BCUT2D eigenvalue weighted by Gasteiger charge is -2.35. The van der Waals surface area contributed by atoms with Crippen LogP contribution in [-0.4, -0.2) is 24.1 Å². The van der Waals surface area contributed by atoms with Crippen LogP contribution in [0.15, 0.2) is 18.2 Å². The summed E-state index contributed by atoms with van der Waals surface area (Å²) in [5.41, 5.74) is 9.55. The van der Waals surface area contributed by atoms with E-state index in [0.717, 1.165) is 24.0 Å². The summed E-state index contributed by atoms with van der Waals surface area (Å²) in [6.45, 7) is 6.67. The molecular weight excluding hydrogens is 216 g/mol. The summed E-state index contributed by atoms with van der Waals surface area (Å²) in [4.78, 5) is 2.45. The van der Waals surface area contributed by atoms with E-state index in [9.17, 15) is 0 Å². The molecule has 2 N–H and O–H groups in total. The zero-order valence-corrected chi connectivity index (χ0v) is 10.9. The monoisotopic (exact) mass is 236 g/mol. The molecule has 2 nitrogen and oxygen atoms in total. The number of aryl methyl sites for hydroxylation is 1. The van der Waals surface area contributed by atoms with Crippen molar-refractivity contribution in [3.63, 3.8) is 0 Å². The summed E-state index contributed by atoms with van der Waals surface area (Å²) in [6, 6.07) is 6.18.